The number of furan rings is 4. The molecule has 4 atom stereocenters. The molecule has 0 radical (unpaired) electrons. The highest BCUT2D eigenvalue weighted by molar-refractivity contribution is 5.87. The average molecular weight is 1220 g/mol. The Labute approximate surface area is 513 Å². The number of benzene rings is 4. The fourth-order valence-electron chi connectivity index (χ4n) is 7.51. The van der Waals surface area contributed by atoms with E-state index in [1.807, 2.05) is 125 Å². The summed E-state index contributed by atoms with van der Waals surface area (Å²) >= 11 is 0. The lowest BCUT2D eigenvalue weighted by atomic mass is 9.78. The van der Waals surface area contributed by atoms with Crippen LogP contribution in [0.2, 0.25) is 0 Å². The summed E-state index contributed by atoms with van der Waals surface area (Å²) in [5.41, 5.74) is 3.86. The molecule has 0 fully saturated rings. The molecule has 20 nitrogen and oxygen atoms in total. The van der Waals surface area contributed by atoms with E-state index in [-0.39, 0.29) is 87.2 Å². The van der Waals surface area contributed by atoms with E-state index in [1.54, 1.807) is 24.3 Å². The van der Waals surface area contributed by atoms with Crippen LogP contribution in [0, 0.1) is 0 Å². The number of aliphatic hydroxyl groups is 4. The van der Waals surface area contributed by atoms with Crippen molar-refractivity contribution in [2.24, 2.45) is 0 Å². The van der Waals surface area contributed by atoms with Gasteiger partial charge >= 0.3 is 23.9 Å². The number of esters is 4. The Morgan fingerprint density at radius 1 is 0.375 bits per heavy atom. The van der Waals surface area contributed by atoms with Gasteiger partial charge in [-0.2, -0.15) is 0 Å². The van der Waals surface area contributed by atoms with Gasteiger partial charge in [-0.3, -0.25) is 0 Å². The Hall–Kier alpha value is -9.08. The SMILES string of the molecule is CC.CC.CC(C)(c1ccc(OCC(O)COC(=O)c2ccco2)cc1)c1ccc(OCC(O)COC(=O)c2ccco2)cc1.CC(c1ccc(OCC(O)COC(=O)c2ccco2)cc1)c1ccc(OCC(O)COC(=O)c2ccco2)cc1.CCC. The summed E-state index contributed by atoms with van der Waals surface area (Å²) < 4.78 is 62.3. The maximum atomic E-state index is 11.8. The van der Waals surface area contributed by atoms with Gasteiger partial charge in [0.25, 0.3) is 0 Å². The number of rotatable bonds is 28. The zero-order valence-electron chi connectivity index (χ0n) is 51.2. The Kier molecular flexibility index (Phi) is 31.5. The molecule has 0 aliphatic heterocycles. The summed E-state index contributed by atoms with van der Waals surface area (Å²) in [5.74, 6) is 0.0442. The van der Waals surface area contributed by atoms with Crippen LogP contribution in [-0.2, 0) is 24.4 Å². The summed E-state index contributed by atoms with van der Waals surface area (Å²) in [4.78, 5) is 47.1. The van der Waals surface area contributed by atoms with Gasteiger partial charge < -0.3 is 76.0 Å². The molecule has 4 N–H and O–H groups in total. The lowest BCUT2D eigenvalue weighted by Gasteiger charge is -2.26. The molecule has 0 spiro atoms. The second-order valence-corrected chi connectivity index (χ2v) is 19.4. The molecule has 8 aromatic rings. The minimum Gasteiger partial charge on any atom is -0.491 e. The number of hydrogen-bond acceptors (Lipinski definition) is 20. The first kappa shape index (κ1) is 71.4. The van der Waals surface area contributed by atoms with Crippen LogP contribution in [0.5, 0.6) is 23.0 Å². The van der Waals surface area contributed by atoms with Crippen molar-refractivity contribution in [3.8, 4) is 23.0 Å². The Bertz CT molecular complexity index is 2910. The fraction of sp³-hybridized carbons (Fsp3) is 0.353. The van der Waals surface area contributed by atoms with E-state index in [0.717, 1.165) is 22.3 Å². The van der Waals surface area contributed by atoms with E-state index in [0.29, 0.717) is 23.0 Å². The van der Waals surface area contributed by atoms with E-state index in [1.165, 1.54) is 55.7 Å². The molecule has 0 saturated carbocycles. The zero-order valence-corrected chi connectivity index (χ0v) is 51.2. The van der Waals surface area contributed by atoms with Crippen molar-refractivity contribution in [1.29, 1.82) is 0 Å². The molecule has 20 heteroatoms. The summed E-state index contributed by atoms with van der Waals surface area (Å²) in [6.07, 6.45) is 2.75. The average Bonchev–Trinajstić information content (AvgIpc) is 3.39. The highest BCUT2D eigenvalue weighted by atomic mass is 16.6. The van der Waals surface area contributed by atoms with Gasteiger partial charge in [0.05, 0.1) is 25.1 Å². The molecule has 4 aromatic heterocycles. The van der Waals surface area contributed by atoms with Gasteiger partial charge in [0, 0.05) is 11.3 Å². The van der Waals surface area contributed by atoms with Crippen LogP contribution < -0.4 is 18.9 Å². The van der Waals surface area contributed by atoms with Gasteiger partial charge in [-0.1, -0.05) is 117 Å². The second-order valence-electron chi connectivity index (χ2n) is 19.4. The minimum absolute atomic E-state index is 0.0388. The van der Waals surface area contributed by atoms with Crippen molar-refractivity contribution < 1.29 is 95.2 Å². The highest BCUT2D eigenvalue weighted by Crippen LogP contribution is 2.34. The highest BCUT2D eigenvalue weighted by Gasteiger charge is 2.24. The molecular weight excluding hydrogens is 1140 g/mol. The first-order valence-electron chi connectivity index (χ1n) is 29.0. The molecule has 0 saturated heterocycles. The Balaban J connectivity index is 0.000000342. The number of hydrogen-bond donors (Lipinski definition) is 4. The van der Waals surface area contributed by atoms with Crippen molar-refractivity contribution in [2.75, 3.05) is 52.9 Å². The summed E-state index contributed by atoms with van der Waals surface area (Å²) in [6.45, 7) is 17.5. The lowest BCUT2D eigenvalue weighted by molar-refractivity contribution is 0.0103. The van der Waals surface area contributed by atoms with Crippen molar-refractivity contribution in [3.63, 3.8) is 0 Å². The molecule has 0 amide bonds. The van der Waals surface area contributed by atoms with Crippen molar-refractivity contribution >= 4 is 23.9 Å². The lowest BCUT2D eigenvalue weighted by Crippen LogP contribution is -2.25. The monoisotopic (exact) mass is 1220 g/mol. The third kappa shape index (κ3) is 24.4. The van der Waals surface area contributed by atoms with Crippen LogP contribution in [0.3, 0.4) is 0 Å². The van der Waals surface area contributed by atoms with Crippen LogP contribution >= 0.6 is 0 Å². The van der Waals surface area contributed by atoms with Gasteiger partial charge in [-0.05, 0) is 119 Å². The van der Waals surface area contributed by atoms with Gasteiger partial charge in [-0.25, -0.2) is 19.2 Å². The molecule has 4 unspecified atom stereocenters. The van der Waals surface area contributed by atoms with Crippen LogP contribution in [0.25, 0.3) is 0 Å². The predicted octanol–water partition coefficient (Wildman–Crippen LogP) is 12.1. The Morgan fingerprint density at radius 2 is 0.591 bits per heavy atom. The van der Waals surface area contributed by atoms with Crippen molar-refractivity contribution in [3.05, 3.63) is 216 Å². The summed E-state index contributed by atoms with van der Waals surface area (Å²) in [7, 11) is 0. The predicted molar refractivity (Wildman–Crippen MR) is 326 cm³/mol. The van der Waals surface area contributed by atoms with E-state index in [4.69, 9.17) is 55.6 Å². The first-order valence-corrected chi connectivity index (χ1v) is 29.0. The van der Waals surface area contributed by atoms with E-state index >= 15 is 0 Å². The van der Waals surface area contributed by atoms with E-state index in [2.05, 4.69) is 34.6 Å². The molecule has 88 heavy (non-hydrogen) atoms. The number of carbonyl (C=O) groups excluding carboxylic acids is 4. The Morgan fingerprint density at radius 3 is 0.795 bits per heavy atom. The fourth-order valence-corrected chi connectivity index (χ4v) is 7.51. The number of carbonyl (C=O) groups is 4. The summed E-state index contributed by atoms with van der Waals surface area (Å²) in [6, 6.07) is 42.3. The van der Waals surface area contributed by atoms with Crippen LogP contribution in [0.15, 0.2) is 188 Å². The third-order valence-electron chi connectivity index (χ3n) is 12.2. The molecule has 0 bridgehead atoms. The van der Waals surface area contributed by atoms with Gasteiger partial charge in [0.1, 0.15) is 100 Å². The quantitative estimate of drug-likeness (QED) is 0.0262. The molecule has 4 heterocycles. The van der Waals surface area contributed by atoms with Gasteiger partial charge in [-0.15, -0.1) is 0 Å². The second kappa shape index (κ2) is 38.9. The zero-order chi connectivity index (χ0) is 64.3. The van der Waals surface area contributed by atoms with Crippen molar-refractivity contribution in [2.45, 2.75) is 104 Å². The van der Waals surface area contributed by atoms with E-state index in [9.17, 15) is 39.6 Å². The summed E-state index contributed by atoms with van der Waals surface area (Å²) in [5, 5.41) is 40.3. The standard InChI is InChI=1S/C31H32O10.C30H30O10.C3H8.2C2H6/c1-31(2,21-7-11-25(12-8-21)38-17-23(32)19-40-29(34)27-5-3-15-36-27)22-9-13-26(14-10-22)39-18-24(33)20-41-30(35)28-6-4-16-37-28;1-20(21-6-10-25(11-7-21)37-16-23(31)18-39-29(33)27-4-2-14-35-27)22-8-12-26(13-9-22)38-17-24(32)19-40-30(34)28-5-3-15-36-28;1-3-2;2*1-2/h3-16,23-24,32-33H,17-20H2,1-2H3;2-15,20,23-24,31-32H,16-19H2,1H3;3H2,1-2H3;2*1-2H3. The molecule has 8 rings (SSSR count). The third-order valence-corrected chi connectivity index (χ3v) is 12.2. The molecule has 4 aromatic carbocycles. The smallest absolute Gasteiger partial charge is 0.374 e. The number of ether oxygens (including phenoxy) is 8. The van der Waals surface area contributed by atoms with Crippen LogP contribution in [0.1, 0.15) is 139 Å². The normalized spacial score (nSPS) is 12.3. The number of aliphatic hydroxyl groups excluding tert-OH is 4. The maximum Gasteiger partial charge on any atom is 0.374 e. The van der Waals surface area contributed by atoms with Crippen LogP contribution in [0.4, 0.5) is 0 Å². The van der Waals surface area contributed by atoms with Gasteiger partial charge in [0.2, 0.25) is 23.0 Å². The maximum absolute atomic E-state index is 11.8. The first-order chi connectivity index (χ1) is 42.5. The minimum atomic E-state index is -0.997. The van der Waals surface area contributed by atoms with Crippen LogP contribution in [-0.4, -0.2) is 122 Å². The molecule has 474 valence electrons. The largest absolute Gasteiger partial charge is 0.491 e. The van der Waals surface area contributed by atoms with Crippen molar-refractivity contribution in [1.82, 2.24) is 0 Å². The topological polar surface area (TPSA) is 276 Å². The van der Waals surface area contributed by atoms with E-state index < -0.39 is 48.3 Å². The molecule has 0 aliphatic rings. The molecular formula is C68H82O20. The molecule has 0 aliphatic carbocycles. The van der Waals surface area contributed by atoms with Gasteiger partial charge in [0.15, 0.2) is 0 Å².